The van der Waals surface area contributed by atoms with Crippen LogP contribution >= 0.6 is 0 Å². The highest BCUT2D eigenvalue weighted by molar-refractivity contribution is 5.68. The predicted molar refractivity (Wildman–Crippen MR) is 109 cm³/mol. The summed E-state index contributed by atoms with van der Waals surface area (Å²) in [5.41, 5.74) is -3.17. The molecule has 1 fully saturated rings. The Morgan fingerprint density at radius 1 is 1.24 bits per heavy atom. The summed E-state index contributed by atoms with van der Waals surface area (Å²) in [4.78, 5) is 34.8. The topological polar surface area (TPSA) is 116 Å². The first kappa shape index (κ1) is 23.9. The van der Waals surface area contributed by atoms with E-state index in [1.165, 1.54) is 17.1 Å². The van der Waals surface area contributed by atoms with Crippen molar-refractivity contribution in [3.8, 4) is 0 Å². The molecule has 0 saturated carbocycles. The number of aromatic nitrogens is 4. The van der Waals surface area contributed by atoms with Gasteiger partial charge in [-0.05, 0) is 13.0 Å². The average Bonchev–Trinajstić information content (AvgIpc) is 2.76. The van der Waals surface area contributed by atoms with Gasteiger partial charge < -0.3 is 19.9 Å². The molecule has 2 aromatic rings. The zero-order valence-corrected chi connectivity index (χ0v) is 17.5. The number of hydrogen-bond acceptors (Lipinski definition) is 8. The van der Waals surface area contributed by atoms with E-state index in [9.17, 15) is 27.2 Å². The fourth-order valence-electron chi connectivity index (χ4n) is 3.11. The normalized spacial score (nSPS) is 15.5. The summed E-state index contributed by atoms with van der Waals surface area (Å²) in [6, 6.07) is -0.604. The van der Waals surface area contributed by atoms with Crippen LogP contribution < -0.4 is 15.8 Å². The number of carbonyl (C=O) groups is 1. The Labute approximate surface area is 185 Å². The van der Waals surface area contributed by atoms with Crippen LogP contribution in [0.2, 0.25) is 0 Å². The lowest BCUT2D eigenvalue weighted by atomic mass is 10.2. The Morgan fingerprint density at radius 2 is 1.91 bits per heavy atom. The van der Waals surface area contributed by atoms with Crippen LogP contribution in [0.1, 0.15) is 12.5 Å². The number of nitrogens with one attached hydrogen (secondary N) is 2. The van der Waals surface area contributed by atoms with E-state index in [4.69, 9.17) is 4.74 Å². The van der Waals surface area contributed by atoms with Gasteiger partial charge in [-0.3, -0.25) is 4.79 Å². The standard InChI is InChI=1S/C19H21F4N7O3/c1-12(27-14-11-26-28-16(31)15(14)19(21,22)23)3-2-8-33-18(32)30-6-4-29(5-7-30)17-24-9-13(20)10-25-17/h2-3,9-12H,4-8H2,1H3,(H2,27,28,31)/b3-2+/t12-/m0/s1. The fraction of sp³-hybridized carbons (Fsp3) is 0.421. The number of H-pyrrole nitrogens is 1. The maximum Gasteiger partial charge on any atom is 0.423 e. The van der Waals surface area contributed by atoms with Crippen molar-refractivity contribution >= 4 is 17.7 Å². The van der Waals surface area contributed by atoms with E-state index in [1.54, 1.807) is 12.0 Å². The number of rotatable bonds is 6. The third kappa shape index (κ3) is 6.40. The highest BCUT2D eigenvalue weighted by Gasteiger charge is 2.37. The second kappa shape index (κ2) is 10.3. The molecule has 178 valence electrons. The van der Waals surface area contributed by atoms with Crippen LogP contribution in [-0.4, -0.2) is 70.0 Å². The number of carbonyl (C=O) groups excluding carboxylic acids is 1. The summed E-state index contributed by atoms with van der Waals surface area (Å²) < 4.78 is 57.3. The summed E-state index contributed by atoms with van der Waals surface area (Å²) >= 11 is 0. The van der Waals surface area contributed by atoms with Gasteiger partial charge in [-0.15, -0.1) is 0 Å². The van der Waals surface area contributed by atoms with E-state index in [-0.39, 0.29) is 6.61 Å². The molecule has 1 saturated heterocycles. The van der Waals surface area contributed by atoms with Crippen molar-refractivity contribution in [2.45, 2.75) is 19.1 Å². The third-order valence-corrected chi connectivity index (χ3v) is 4.68. The van der Waals surface area contributed by atoms with Crippen molar-refractivity contribution in [2.24, 2.45) is 0 Å². The Morgan fingerprint density at radius 3 is 2.55 bits per heavy atom. The maximum atomic E-state index is 13.1. The van der Waals surface area contributed by atoms with E-state index in [0.717, 1.165) is 18.6 Å². The molecule has 3 heterocycles. The molecule has 1 atom stereocenters. The fourth-order valence-corrected chi connectivity index (χ4v) is 3.11. The number of aromatic amines is 1. The minimum absolute atomic E-state index is 0.0914. The molecule has 33 heavy (non-hydrogen) atoms. The average molecular weight is 471 g/mol. The molecular weight excluding hydrogens is 450 g/mol. The highest BCUT2D eigenvalue weighted by atomic mass is 19.4. The van der Waals surface area contributed by atoms with Crippen molar-refractivity contribution < 1.29 is 27.1 Å². The molecular formula is C19H21F4N7O3. The Kier molecular flexibility index (Phi) is 7.45. The van der Waals surface area contributed by atoms with Gasteiger partial charge in [0.25, 0.3) is 5.56 Å². The largest absolute Gasteiger partial charge is 0.445 e. The van der Waals surface area contributed by atoms with E-state index < -0.39 is 40.9 Å². The van der Waals surface area contributed by atoms with Gasteiger partial charge in [0.1, 0.15) is 12.2 Å². The lowest BCUT2D eigenvalue weighted by molar-refractivity contribution is -0.138. The zero-order chi connectivity index (χ0) is 24.0. The van der Waals surface area contributed by atoms with Gasteiger partial charge in [-0.1, -0.05) is 6.08 Å². The Bertz CT molecular complexity index is 1030. The van der Waals surface area contributed by atoms with Gasteiger partial charge in [0.15, 0.2) is 5.82 Å². The van der Waals surface area contributed by atoms with Gasteiger partial charge >= 0.3 is 12.3 Å². The molecule has 0 unspecified atom stereocenters. The smallest absolute Gasteiger partial charge is 0.423 e. The molecule has 0 aromatic carbocycles. The van der Waals surface area contributed by atoms with Crippen LogP contribution in [0, 0.1) is 5.82 Å². The minimum atomic E-state index is -4.84. The number of nitrogens with zero attached hydrogens (tertiary/aromatic N) is 5. The number of alkyl halides is 3. The van der Waals surface area contributed by atoms with E-state index in [1.807, 2.05) is 4.90 Å². The first-order chi connectivity index (χ1) is 15.6. The third-order valence-electron chi connectivity index (χ3n) is 4.68. The summed E-state index contributed by atoms with van der Waals surface area (Å²) in [6.45, 7) is 3.09. The molecule has 0 bridgehead atoms. The second-order valence-corrected chi connectivity index (χ2v) is 7.10. The molecule has 3 rings (SSSR count). The lowest BCUT2D eigenvalue weighted by Crippen LogP contribution is -2.49. The molecule has 2 N–H and O–H groups in total. The van der Waals surface area contributed by atoms with Crippen molar-refractivity contribution in [2.75, 3.05) is 43.0 Å². The second-order valence-electron chi connectivity index (χ2n) is 7.10. The molecule has 1 amide bonds. The van der Waals surface area contributed by atoms with Gasteiger partial charge in [-0.25, -0.2) is 24.3 Å². The van der Waals surface area contributed by atoms with E-state index in [2.05, 4.69) is 20.4 Å². The Balaban J connectivity index is 1.45. The summed E-state index contributed by atoms with van der Waals surface area (Å²) in [5.74, 6) is -0.161. The van der Waals surface area contributed by atoms with E-state index >= 15 is 0 Å². The molecule has 10 nitrogen and oxygen atoms in total. The quantitative estimate of drug-likeness (QED) is 0.486. The highest BCUT2D eigenvalue weighted by Crippen LogP contribution is 2.31. The first-order valence-corrected chi connectivity index (χ1v) is 9.87. The zero-order valence-electron chi connectivity index (χ0n) is 17.5. The molecule has 2 aromatic heterocycles. The van der Waals surface area contributed by atoms with Crippen LogP contribution in [0.3, 0.4) is 0 Å². The first-order valence-electron chi connectivity index (χ1n) is 9.87. The minimum Gasteiger partial charge on any atom is -0.445 e. The molecule has 1 aliphatic rings. The van der Waals surface area contributed by atoms with Crippen molar-refractivity contribution in [1.82, 2.24) is 25.1 Å². The number of hydrogen-bond donors (Lipinski definition) is 2. The van der Waals surface area contributed by atoms with Gasteiger partial charge in [0.2, 0.25) is 5.95 Å². The van der Waals surface area contributed by atoms with Crippen LogP contribution in [0.15, 0.2) is 35.5 Å². The molecule has 0 aliphatic carbocycles. The van der Waals surface area contributed by atoms with Crippen LogP contribution in [0.25, 0.3) is 0 Å². The molecule has 14 heteroatoms. The number of amides is 1. The van der Waals surface area contributed by atoms with Crippen molar-refractivity contribution in [3.63, 3.8) is 0 Å². The van der Waals surface area contributed by atoms with Gasteiger partial charge in [0, 0.05) is 32.2 Å². The van der Waals surface area contributed by atoms with Crippen LogP contribution in [0.4, 0.5) is 34.0 Å². The summed E-state index contributed by atoms with van der Waals surface area (Å²) in [6.07, 6.45) is 0.613. The van der Waals surface area contributed by atoms with Gasteiger partial charge in [0.05, 0.1) is 24.3 Å². The lowest BCUT2D eigenvalue weighted by Gasteiger charge is -2.33. The molecule has 1 aliphatic heterocycles. The number of piperazine rings is 1. The number of halogens is 4. The van der Waals surface area contributed by atoms with E-state index in [0.29, 0.717) is 32.1 Å². The number of ether oxygens (including phenoxy) is 1. The maximum absolute atomic E-state index is 13.1. The SMILES string of the molecule is C[C@@H](/C=C/COC(=O)N1CCN(c2ncc(F)cn2)CC1)Nc1cn[nH]c(=O)c1C(F)(F)F. The van der Waals surface area contributed by atoms with Crippen molar-refractivity contribution in [1.29, 1.82) is 0 Å². The van der Waals surface area contributed by atoms with Crippen molar-refractivity contribution in [3.05, 3.63) is 52.5 Å². The van der Waals surface area contributed by atoms with Crippen LogP contribution in [-0.2, 0) is 10.9 Å². The van der Waals surface area contributed by atoms with Crippen LogP contribution in [0.5, 0.6) is 0 Å². The molecule has 0 spiro atoms. The summed E-state index contributed by atoms with van der Waals surface area (Å²) in [5, 5.41) is 7.70. The summed E-state index contributed by atoms with van der Waals surface area (Å²) in [7, 11) is 0. The predicted octanol–water partition coefficient (Wildman–Crippen LogP) is 2.03. The Hall–Kier alpha value is -3.71. The molecule has 0 radical (unpaired) electrons. The van der Waals surface area contributed by atoms with Gasteiger partial charge in [-0.2, -0.15) is 18.3 Å². The monoisotopic (exact) mass is 471 g/mol. The number of anilines is 2.